The molecule has 0 saturated heterocycles. The first kappa shape index (κ1) is 9.97. The molecule has 0 spiro atoms. The molecule has 1 aliphatic carbocycles. The van der Waals surface area contributed by atoms with Crippen LogP contribution in [0.4, 0.5) is 0 Å². The predicted molar refractivity (Wildman–Crippen MR) is 53.0 cm³/mol. The summed E-state index contributed by atoms with van der Waals surface area (Å²) in [6.45, 7) is 0. The second-order valence-electron chi connectivity index (χ2n) is 3.54. The van der Waals surface area contributed by atoms with Crippen LogP contribution < -0.4 is 20.8 Å². The van der Waals surface area contributed by atoms with Gasteiger partial charge < -0.3 is 20.2 Å². The second kappa shape index (κ2) is 3.90. The van der Waals surface area contributed by atoms with E-state index >= 15 is 0 Å². The molecular formula is C9H13N3O3. The number of H-pyrrole nitrogens is 1. The Bertz CT molecular complexity index is 398. The quantitative estimate of drug-likeness (QED) is 0.713. The highest BCUT2D eigenvalue weighted by Gasteiger charge is 2.29. The van der Waals surface area contributed by atoms with Crippen LogP contribution in [0.5, 0.6) is 11.6 Å². The normalized spacial score (nSPS) is 24.4. The van der Waals surface area contributed by atoms with Crippen LogP contribution in [0.15, 0.2) is 11.1 Å². The van der Waals surface area contributed by atoms with Gasteiger partial charge in [-0.05, 0) is 12.8 Å². The first-order valence-electron chi connectivity index (χ1n) is 4.74. The number of rotatable bonds is 3. The van der Waals surface area contributed by atoms with Crippen molar-refractivity contribution in [1.82, 2.24) is 9.97 Å². The van der Waals surface area contributed by atoms with Crippen molar-refractivity contribution in [2.45, 2.75) is 25.0 Å². The van der Waals surface area contributed by atoms with Crippen LogP contribution >= 0.6 is 0 Å². The molecule has 1 heterocycles. The van der Waals surface area contributed by atoms with Crippen LogP contribution in [0.3, 0.4) is 0 Å². The van der Waals surface area contributed by atoms with E-state index in [1.807, 2.05) is 0 Å². The summed E-state index contributed by atoms with van der Waals surface area (Å²) in [6, 6.07) is 0.197. The van der Waals surface area contributed by atoms with Crippen LogP contribution in [0.25, 0.3) is 0 Å². The molecule has 0 bridgehead atoms. The van der Waals surface area contributed by atoms with E-state index in [0.717, 1.165) is 12.8 Å². The van der Waals surface area contributed by atoms with Gasteiger partial charge in [-0.1, -0.05) is 0 Å². The Morgan fingerprint density at radius 1 is 1.60 bits per heavy atom. The zero-order chi connectivity index (χ0) is 10.8. The summed E-state index contributed by atoms with van der Waals surface area (Å²) in [5, 5.41) is 0. The zero-order valence-electron chi connectivity index (χ0n) is 8.40. The first-order chi connectivity index (χ1) is 7.20. The molecule has 82 valence electrons. The average Bonchev–Trinajstić information content (AvgIpc) is 2.16. The largest absolute Gasteiger partial charge is 0.487 e. The summed E-state index contributed by atoms with van der Waals surface area (Å²) in [4.78, 5) is 17.6. The van der Waals surface area contributed by atoms with Gasteiger partial charge in [0.2, 0.25) is 5.75 Å². The van der Waals surface area contributed by atoms with Gasteiger partial charge in [0.1, 0.15) is 6.10 Å². The minimum Gasteiger partial charge on any atom is -0.487 e. The SMILES string of the molecule is COc1c(OC2CC(N)C2)nc[nH]c1=O. The molecule has 0 unspecified atom stereocenters. The lowest BCUT2D eigenvalue weighted by atomic mass is 9.90. The highest BCUT2D eigenvalue weighted by molar-refractivity contribution is 5.29. The zero-order valence-corrected chi connectivity index (χ0v) is 8.40. The van der Waals surface area contributed by atoms with Crippen molar-refractivity contribution in [3.63, 3.8) is 0 Å². The number of nitrogens with one attached hydrogen (secondary N) is 1. The molecule has 1 saturated carbocycles. The van der Waals surface area contributed by atoms with Crippen molar-refractivity contribution in [2.75, 3.05) is 7.11 Å². The predicted octanol–water partition coefficient (Wildman–Crippen LogP) is -0.353. The van der Waals surface area contributed by atoms with E-state index < -0.39 is 0 Å². The van der Waals surface area contributed by atoms with Crippen LogP contribution in [0.1, 0.15) is 12.8 Å². The Hall–Kier alpha value is -1.56. The Morgan fingerprint density at radius 3 is 2.93 bits per heavy atom. The molecule has 0 aliphatic heterocycles. The smallest absolute Gasteiger partial charge is 0.297 e. The third kappa shape index (κ3) is 1.94. The summed E-state index contributed by atoms with van der Waals surface area (Å²) in [6.07, 6.45) is 2.91. The second-order valence-corrected chi connectivity index (χ2v) is 3.54. The van der Waals surface area contributed by atoms with Crippen molar-refractivity contribution in [3.8, 4) is 11.6 Å². The average molecular weight is 211 g/mol. The Kier molecular flexibility index (Phi) is 2.59. The molecule has 1 fully saturated rings. The van der Waals surface area contributed by atoms with Gasteiger partial charge in [0.05, 0.1) is 13.4 Å². The van der Waals surface area contributed by atoms with Gasteiger partial charge in [-0.2, -0.15) is 0 Å². The molecule has 0 atom stereocenters. The molecule has 2 rings (SSSR count). The summed E-state index contributed by atoms with van der Waals surface area (Å²) in [5.41, 5.74) is 5.28. The molecule has 0 amide bonds. The van der Waals surface area contributed by atoms with Crippen LogP contribution in [-0.2, 0) is 0 Å². The van der Waals surface area contributed by atoms with Crippen molar-refractivity contribution in [2.24, 2.45) is 5.73 Å². The lowest BCUT2D eigenvalue weighted by Gasteiger charge is -2.32. The molecule has 6 heteroatoms. The highest BCUT2D eigenvalue weighted by atomic mass is 16.5. The number of aromatic nitrogens is 2. The van der Waals surface area contributed by atoms with Gasteiger partial charge in [0, 0.05) is 6.04 Å². The number of nitrogens with zero attached hydrogens (tertiary/aromatic N) is 1. The minimum absolute atomic E-state index is 0.0446. The number of hydrogen-bond acceptors (Lipinski definition) is 5. The molecule has 0 aromatic carbocycles. The fourth-order valence-corrected chi connectivity index (χ4v) is 1.50. The third-order valence-corrected chi connectivity index (χ3v) is 2.39. The fraction of sp³-hybridized carbons (Fsp3) is 0.556. The van der Waals surface area contributed by atoms with Gasteiger partial charge in [0.25, 0.3) is 11.4 Å². The molecule has 1 aromatic heterocycles. The lowest BCUT2D eigenvalue weighted by Crippen LogP contribution is -2.43. The van der Waals surface area contributed by atoms with Crippen molar-refractivity contribution >= 4 is 0 Å². The number of nitrogens with two attached hydrogens (primary N) is 1. The summed E-state index contributed by atoms with van der Waals surface area (Å²) < 4.78 is 10.4. The van der Waals surface area contributed by atoms with E-state index in [1.165, 1.54) is 13.4 Å². The highest BCUT2D eigenvalue weighted by Crippen LogP contribution is 2.26. The van der Waals surface area contributed by atoms with Gasteiger partial charge in [-0.15, -0.1) is 0 Å². The summed E-state index contributed by atoms with van der Waals surface area (Å²) in [5.74, 6) is 0.344. The van der Waals surface area contributed by atoms with Gasteiger partial charge in [-0.25, -0.2) is 4.98 Å². The lowest BCUT2D eigenvalue weighted by molar-refractivity contribution is 0.0915. The van der Waals surface area contributed by atoms with Gasteiger partial charge in [-0.3, -0.25) is 4.79 Å². The van der Waals surface area contributed by atoms with Gasteiger partial charge >= 0.3 is 0 Å². The molecule has 1 aromatic rings. The first-order valence-corrected chi connectivity index (χ1v) is 4.74. The Labute approximate surface area is 86.4 Å². The number of ether oxygens (including phenoxy) is 2. The third-order valence-electron chi connectivity index (χ3n) is 2.39. The van der Waals surface area contributed by atoms with Gasteiger partial charge in [0.15, 0.2) is 0 Å². The number of aromatic amines is 1. The summed E-state index contributed by atoms with van der Waals surface area (Å²) in [7, 11) is 1.41. The minimum atomic E-state index is -0.342. The topological polar surface area (TPSA) is 90.2 Å². The maximum atomic E-state index is 11.3. The van der Waals surface area contributed by atoms with Crippen molar-refractivity contribution < 1.29 is 9.47 Å². The van der Waals surface area contributed by atoms with Crippen molar-refractivity contribution in [3.05, 3.63) is 16.7 Å². The Balaban J connectivity index is 2.14. The Morgan fingerprint density at radius 2 is 2.33 bits per heavy atom. The van der Waals surface area contributed by atoms with E-state index in [4.69, 9.17) is 15.2 Å². The maximum absolute atomic E-state index is 11.3. The van der Waals surface area contributed by atoms with E-state index in [0.29, 0.717) is 0 Å². The summed E-state index contributed by atoms with van der Waals surface area (Å²) >= 11 is 0. The maximum Gasteiger partial charge on any atom is 0.297 e. The van der Waals surface area contributed by atoms with E-state index in [9.17, 15) is 4.79 Å². The molecule has 3 N–H and O–H groups in total. The van der Waals surface area contributed by atoms with Crippen LogP contribution in [0.2, 0.25) is 0 Å². The van der Waals surface area contributed by atoms with Crippen LogP contribution in [0, 0.1) is 0 Å². The number of methoxy groups -OCH3 is 1. The molecule has 6 nitrogen and oxygen atoms in total. The van der Waals surface area contributed by atoms with E-state index in [-0.39, 0.29) is 29.3 Å². The molecular weight excluding hydrogens is 198 g/mol. The van der Waals surface area contributed by atoms with Crippen LogP contribution in [-0.4, -0.2) is 29.2 Å². The standard InChI is InChI=1S/C9H13N3O3/c1-14-7-8(13)11-4-12-9(7)15-6-2-5(10)3-6/h4-6H,2-3,10H2,1H3,(H,11,12,13). The monoisotopic (exact) mass is 211 g/mol. The molecule has 1 aliphatic rings. The molecule has 0 radical (unpaired) electrons. The fourth-order valence-electron chi connectivity index (χ4n) is 1.50. The van der Waals surface area contributed by atoms with Crippen molar-refractivity contribution in [1.29, 1.82) is 0 Å². The molecule has 15 heavy (non-hydrogen) atoms. The van der Waals surface area contributed by atoms with E-state index in [1.54, 1.807) is 0 Å². The van der Waals surface area contributed by atoms with E-state index in [2.05, 4.69) is 9.97 Å². The number of hydrogen-bond donors (Lipinski definition) is 2.